The molecule has 0 aliphatic heterocycles. The number of alkyl halides is 3. The molecule has 0 unspecified atom stereocenters. The van der Waals surface area contributed by atoms with Crippen LogP contribution in [0.3, 0.4) is 0 Å². The molecule has 2 N–H and O–H groups in total. The highest BCUT2D eigenvalue weighted by molar-refractivity contribution is 5.89. The number of carbonyl (C=O) groups excluding carboxylic acids is 2. The minimum atomic E-state index is -4.58. The minimum absolute atomic E-state index is 0.419. The zero-order chi connectivity index (χ0) is 14.7. The number of halogens is 3. The van der Waals surface area contributed by atoms with E-state index in [1.807, 2.05) is 0 Å². The SMILES string of the molecule is CN(C)C(=O)CN(CC(F)(F)F)C(=O)C(C)(C)N. The summed E-state index contributed by atoms with van der Waals surface area (Å²) < 4.78 is 37.0. The van der Waals surface area contributed by atoms with Crippen molar-refractivity contribution in [3.63, 3.8) is 0 Å². The highest BCUT2D eigenvalue weighted by Gasteiger charge is 2.37. The lowest BCUT2D eigenvalue weighted by molar-refractivity contribution is -0.166. The quantitative estimate of drug-likeness (QED) is 0.793. The van der Waals surface area contributed by atoms with Gasteiger partial charge in [0.1, 0.15) is 13.1 Å². The van der Waals surface area contributed by atoms with Gasteiger partial charge in [-0.3, -0.25) is 9.59 Å². The van der Waals surface area contributed by atoms with Crippen LogP contribution in [0.5, 0.6) is 0 Å². The molecule has 5 nitrogen and oxygen atoms in total. The first kappa shape index (κ1) is 16.7. The predicted octanol–water partition coefficient (Wildman–Crippen LogP) is 0.203. The number of likely N-dealkylation sites (N-methyl/N-ethyl adjacent to an activating group) is 1. The molecular weight excluding hydrogens is 251 g/mol. The van der Waals surface area contributed by atoms with E-state index in [9.17, 15) is 22.8 Å². The van der Waals surface area contributed by atoms with E-state index >= 15 is 0 Å². The Hall–Kier alpha value is -1.31. The number of amides is 2. The molecule has 0 aromatic heterocycles. The Morgan fingerprint density at radius 2 is 1.61 bits per heavy atom. The summed E-state index contributed by atoms with van der Waals surface area (Å²) in [5, 5.41) is 0. The van der Waals surface area contributed by atoms with Crippen molar-refractivity contribution in [3.8, 4) is 0 Å². The molecule has 0 spiro atoms. The molecule has 0 aliphatic carbocycles. The Morgan fingerprint density at radius 3 is 1.89 bits per heavy atom. The lowest BCUT2D eigenvalue weighted by Crippen LogP contribution is -2.55. The van der Waals surface area contributed by atoms with Gasteiger partial charge in [0.25, 0.3) is 0 Å². The molecule has 0 atom stereocenters. The average Bonchev–Trinajstić information content (AvgIpc) is 2.11. The van der Waals surface area contributed by atoms with Gasteiger partial charge in [-0.2, -0.15) is 13.2 Å². The normalized spacial score (nSPS) is 12.2. The van der Waals surface area contributed by atoms with Gasteiger partial charge < -0.3 is 15.5 Å². The maximum Gasteiger partial charge on any atom is 0.406 e. The van der Waals surface area contributed by atoms with Crippen LogP contribution in [-0.2, 0) is 9.59 Å². The van der Waals surface area contributed by atoms with Crippen molar-refractivity contribution in [1.29, 1.82) is 0 Å². The van der Waals surface area contributed by atoms with Crippen LogP contribution in [0.1, 0.15) is 13.8 Å². The summed E-state index contributed by atoms with van der Waals surface area (Å²) in [5.41, 5.74) is 4.01. The first-order valence-electron chi connectivity index (χ1n) is 5.20. The van der Waals surface area contributed by atoms with Crippen LogP contribution in [0.2, 0.25) is 0 Å². The number of rotatable bonds is 4. The third kappa shape index (κ3) is 5.85. The van der Waals surface area contributed by atoms with Crippen LogP contribution < -0.4 is 5.73 Å². The van der Waals surface area contributed by atoms with Crippen molar-refractivity contribution in [2.24, 2.45) is 5.73 Å². The Labute approximate surface area is 104 Å². The summed E-state index contributed by atoms with van der Waals surface area (Å²) in [6, 6.07) is 0. The van der Waals surface area contributed by atoms with Gasteiger partial charge in [0.2, 0.25) is 11.8 Å². The zero-order valence-corrected chi connectivity index (χ0v) is 10.8. The lowest BCUT2D eigenvalue weighted by atomic mass is 10.1. The maximum atomic E-state index is 12.3. The van der Waals surface area contributed by atoms with Crippen molar-refractivity contribution < 1.29 is 22.8 Å². The van der Waals surface area contributed by atoms with Crippen LogP contribution in [0.4, 0.5) is 13.2 Å². The van der Waals surface area contributed by atoms with Crippen LogP contribution in [0.15, 0.2) is 0 Å². The smallest absolute Gasteiger partial charge is 0.347 e. The number of hydrogen-bond acceptors (Lipinski definition) is 3. The van der Waals surface area contributed by atoms with Gasteiger partial charge in [0.05, 0.1) is 5.54 Å². The van der Waals surface area contributed by atoms with Gasteiger partial charge in [-0.1, -0.05) is 0 Å². The van der Waals surface area contributed by atoms with Gasteiger partial charge in [0.15, 0.2) is 0 Å². The first-order chi connectivity index (χ1) is 7.84. The molecule has 0 radical (unpaired) electrons. The fourth-order valence-corrected chi connectivity index (χ4v) is 1.13. The molecular formula is C10H18F3N3O2. The van der Waals surface area contributed by atoms with Crippen molar-refractivity contribution in [3.05, 3.63) is 0 Å². The molecule has 0 fully saturated rings. The Bertz CT molecular complexity index is 321. The molecule has 18 heavy (non-hydrogen) atoms. The van der Waals surface area contributed by atoms with Gasteiger partial charge >= 0.3 is 6.18 Å². The minimum Gasteiger partial charge on any atom is -0.347 e. The second kappa shape index (κ2) is 5.55. The summed E-state index contributed by atoms with van der Waals surface area (Å²) in [4.78, 5) is 24.7. The molecule has 0 rings (SSSR count). The third-order valence-corrected chi connectivity index (χ3v) is 2.03. The van der Waals surface area contributed by atoms with E-state index in [1.54, 1.807) is 0 Å². The molecule has 0 saturated heterocycles. The summed E-state index contributed by atoms with van der Waals surface area (Å²) >= 11 is 0. The van der Waals surface area contributed by atoms with Crippen LogP contribution in [0.25, 0.3) is 0 Å². The van der Waals surface area contributed by atoms with Crippen LogP contribution in [-0.4, -0.2) is 60.5 Å². The summed E-state index contributed by atoms with van der Waals surface area (Å²) in [5.74, 6) is -1.52. The predicted molar refractivity (Wildman–Crippen MR) is 59.6 cm³/mol. The Kier molecular flexibility index (Phi) is 5.15. The maximum absolute atomic E-state index is 12.3. The molecule has 106 valence electrons. The first-order valence-corrected chi connectivity index (χ1v) is 5.20. The third-order valence-electron chi connectivity index (χ3n) is 2.03. The second-order valence-electron chi connectivity index (χ2n) is 4.79. The second-order valence-corrected chi connectivity index (χ2v) is 4.79. The lowest BCUT2D eigenvalue weighted by Gasteiger charge is -2.30. The van der Waals surface area contributed by atoms with Crippen LogP contribution >= 0.6 is 0 Å². The van der Waals surface area contributed by atoms with Crippen molar-refractivity contribution >= 4 is 11.8 Å². The molecule has 2 amide bonds. The number of hydrogen-bond donors (Lipinski definition) is 1. The zero-order valence-electron chi connectivity index (χ0n) is 10.8. The topological polar surface area (TPSA) is 66.6 Å². The average molecular weight is 269 g/mol. The molecule has 0 aliphatic rings. The van der Waals surface area contributed by atoms with Crippen molar-refractivity contribution in [2.45, 2.75) is 25.6 Å². The summed E-state index contributed by atoms with van der Waals surface area (Å²) in [7, 11) is 2.79. The van der Waals surface area contributed by atoms with Crippen LogP contribution in [0, 0.1) is 0 Å². The van der Waals surface area contributed by atoms with E-state index in [1.165, 1.54) is 27.9 Å². The van der Waals surface area contributed by atoms with Crippen molar-refractivity contribution in [2.75, 3.05) is 27.2 Å². The number of nitrogens with two attached hydrogens (primary N) is 1. The number of carbonyl (C=O) groups is 2. The van der Waals surface area contributed by atoms with Gasteiger partial charge in [-0.05, 0) is 13.8 Å². The monoisotopic (exact) mass is 269 g/mol. The van der Waals surface area contributed by atoms with Gasteiger partial charge in [0, 0.05) is 14.1 Å². The van der Waals surface area contributed by atoms with E-state index in [-0.39, 0.29) is 0 Å². The molecule has 0 bridgehead atoms. The highest BCUT2D eigenvalue weighted by Crippen LogP contribution is 2.18. The van der Waals surface area contributed by atoms with E-state index < -0.39 is 36.6 Å². The molecule has 0 saturated carbocycles. The standard InChI is InChI=1S/C10H18F3N3O2/c1-9(2,14)8(18)16(6-10(11,12)13)5-7(17)15(3)4/h5-6,14H2,1-4H3. The largest absolute Gasteiger partial charge is 0.406 e. The molecule has 0 aromatic rings. The Morgan fingerprint density at radius 1 is 1.17 bits per heavy atom. The van der Waals surface area contributed by atoms with Gasteiger partial charge in [-0.25, -0.2) is 0 Å². The Balaban J connectivity index is 4.96. The van der Waals surface area contributed by atoms with E-state index in [0.29, 0.717) is 4.90 Å². The fraction of sp³-hybridized carbons (Fsp3) is 0.800. The fourth-order valence-electron chi connectivity index (χ4n) is 1.13. The molecule has 0 heterocycles. The van der Waals surface area contributed by atoms with Crippen molar-refractivity contribution in [1.82, 2.24) is 9.80 Å². The highest BCUT2D eigenvalue weighted by atomic mass is 19.4. The molecule has 8 heteroatoms. The number of nitrogens with zero attached hydrogens (tertiary/aromatic N) is 2. The summed E-state index contributed by atoms with van der Waals surface area (Å²) in [6.07, 6.45) is -4.58. The van der Waals surface area contributed by atoms with E-state index in [4.69, 9.17) is 5.73 Å². The van der Waals surface area contributed by atoms with E-state index in [0.717, 1.165) is 4.90 Å². The summed E-state index contributed by atoms with van der Waals surface area (Å²) in [6.45, 7) is 0.440. The van der Waals surface area contributed by atoms with Gasteiger partial charge in [-0.15, -0.1) is 0 Å². The van der Waals surface area contributed by atoms with E-state index in [2.05, 4.69) is 0 Å². The molecule has 0 aromatic carbocycles.